The van der Waals surface area contributed by atoms with E-state index in [-0.39, 0.29) is 22.8 Å². The Morgan fingerprint density at radius 1 is 0.714 bits per heavy atom. The summed E-state index contributed by atoms with van der Waals surface area (Å²) in [6.07, 6.45) is 0.328. The lowest BCUT2D eigenvalue weighted by molar-refractivity contribution is 0.414. The van der Waals surface area contributed by atoms with E-state index >= 15 is 0 Å². The topological polar surface area (TPSA) is 156 Å². The molecule has 0 bridgehead atoms. The van der Waals surface area contributed by atoms with Gasteiger partial charge in [0, 0.05) is 5.56 Å². The zero-order valence-electron chi connectivity index (χ0n) is 22.7. The Labute approximate surface area is 243 Å². The van der Waals surface area contributed by atoms with Gasteiger partial charge in [0.25, 0.3) is 0 Å². The van der Waals surface area contributed by atoms with Crippen LogP contribution in [0.3, 0.4) is 0 Å². The highest BCUT2D eigenvalue weighted by Crippen LogP contribution is 2.36. The van der Waals surface area contributed by atoms with Gasteiger partial charge in [-0.15, -0.1) is 5.10 Å². The van der Waals surface area contributed by atoms with Crippen molar-refractivity contribution in [3.8, 4) is 22.9 Å². The summed E-state index contributed by atoms with van der Waals surface area (Å²) in [5.41, 5.74) is 2.59. The summed E-state index contributed by atoms with van der Waals surface area (Å²) in [5, 5.41) is 17.7. The minimum absolute atomic E-state index is 0.157. The first-order valence-electron chi connectivity index (χ1n) is 12.6. The molecule has 0 unspecified atom stereocenters. The molecule has 0 aliphatic heterocycles. The van der Waals surface area contributed by atoms with Gasteiger partial charge in [0.1, 0.15) is 16.4 Å². The van der Waals surface area contributed by atoms with E-state index in [1.54, 1.807) is 38.5 Å². The van der Waals surface area contributed by atoms with Gasteiger partial charge in [0.05, 0.1) is 30.6 Å². The van der Waals surface area contributed by atoms with Crippen LogP contribution >= 0.6 is 0 Å². The molecular weight excluding hydrogens is 578 g/mol. The van der Waals surface area contributed by atoms with Gasteiger partial charge in [0.2, 0.25) is 19.9 Å². The van der Waals surface area contributed by atoms with Gasteiger partial charge in [-0.25, -0.2) is 26.7 Å². The van der Waals surface area contributed by atoms with Crippen LogP contribution < -0.4 is 14.6 Å². The molecule has 4 aromatic carbocycles. The fourth-order valence-electron chi connectivity index (χ4n) is 4.58. The van der Waals surface area contributed by atoms with E-state index in [2.05, 4.69) is 15.5 Å². The number of sulfonamides is 1. The van der Waals surface area contributed by atoms with Crippen LogP contribution in [0.15, 0.2) is 106 Å². The van der Waals surface area contributed by atoms with Crippen LogP contribution in [0.25, 0.3) is 11.4 Å². The number of tetrazole rings is 1. The number of hydrogen-bond donors (Lipinski definition) is 1. The molecule has 0 atom stereocenters. The summed E-state index contributed by atoms with van der Waals surface area (Å²) in [6, 6.07) is 24.7. The van der Waals surface area contributed by atoms with Crippen LogP contribution in [-0.4, -0.2) is 51.3 Å². The Hall–Kier alpha value is -4.59. The highest BCUT2D eigenvalue weighted by molar-refractivity contribution is 7.93. The largest absolute Gasteiger partial charge is 0.497 e. The summed E-state index contributed by atoms with van der Waals surface area (Å²) in [7, 11) is -5.65. The summed E-state index contributed by atoms with van der Waals surface area (Å²) in [5.74, 6) is 1.56. The molecule has 0 aliphatic carbocycles. The number of ether oxygens (including phenoxy) is 2. The average Bonchev–Trinajstić information content (AvgIpc) is 3.45. The van der Waals surface area contributed by atoms with Crippen molar-refractivity contribution in [2.75, 3.05) is 14.2 Å². The van der Waals surface area contributed by atoms with Gasteiger partial charge < -0.3 is 9.47 Å². The molecule has 1 heterocycles. The molecule has 13 heteroatoms. The Balaban J connectivity index is 1.70. The van der Waals surface area contributed by atoms with Crippen molar-refractivity contribution in [3.63, 3.8) is 0 Å². The van der Waals surface area contributed by atoms with Crippen LogP contribution in [0.1, 0.15) is 16.7 Å². The second kappa shape index (κ2) is 11.7. The average molecular weight is 606 g/mol. The molecule has 0 radical (unpaired) electrons. The van der Waals surface area contributed by atoms with Crippen molar-refractivity contribution in [3.05, 3.63) is 108 Å². The first-order valence-corrected chi connectivity index (χ1v) is 15.7. The third-order valence-corrected chi connectivity index (χ3v) is 9.60. The minimum atomic E-state index is -4.44. The molecule has 0 fully saturated rings. The SMILES string of the molecule is COc1ccc(Cc2cccc(S(=O)(=O)c3ccccc3S(N)(=O)=O)c2-c2nnnn2Cc2ccc(OC)cc2)cc1. The first kappa shape index (κ1) is 28.9. The normalized spacial score (nSPS) is 11.8. The third-order valence-electron chi connectivity index (χ3n) is 6.65. The maximum atomic E-state index is 14.2. The van der Waals surface area contributed by atoms with Gasteiger partial charge in [-0.1, -0.05) is 48.5 Å². The molecule has 2 N–H and O–H groups in total. The van der Waals surface area contributed by atoms with Crippen LogP contribution in [0.5, 0.6) is 11.5 Å². The second-order valence-corrected chi connectivity index (χ2v) is 12.7. The van der Waals surface area contributed by atoms with Gasteiger partial charge in [0.15, 0.2) is 5.82 Å². The number of hydrogen-bond acceptors (Lipinski definition) is 9. The molecule has 5 aromatic rings. The molecule has 0 saturated carbocycles. The lowest BCUT2D eigenvalue weighted by Crippen LogP contribution is -2.18. The molecule has 0 amide bonds. The molecular formula is C29H27N5O6S2. The molecule has 11 nitrogen and oxygen atoms in total. The van der Waals surface area contributed by atoms with E-state index < -0.39 is 29.7 Å². The zero-order valence-corrected chi connectivity index (χ0v) is 24.3. The van der Waals surface area contributed by atoms with Crippen LogP contribution in [0.2, 0.25) is 0 Å². The predicted octanol–water partition coefficient (Wildman–Crippen LogP) is 3.48. The maximum Gasteiger partial charge on any atom is 0.239 e. The Morgan fingerprint density at radius 2 is 1.29 bits per heavy atom. The van der Waals surface area contributed by atoms with Crippen LogP contribution in [0.4, 0.5) is 0 Å². The smallest absolute Gasteiger partial charge is 0.239 e. The maximum absolute atomic E-state index is 14.2. The van der Waals surface area contributed by atoms with Crippen molar-refractivity contribution in [1.29, 1.82) is 0 Å². The summed E-state index contributed by atoms with van der Waals surface area (Å²) < 4.78 is 65.2. The molecule has 216 valence electrons. The van der Waals surface area contributed by atoms with E-state index in [0.29, 0.717) is 23.5 Å². The van der Waals surface area contributed by atoms with Crippen molar-refractivity contribution in [2.24, 2.45) is 5.14 Å². The number of aromatic nitrogens is 4. The van der Waals surface area contributed by atoms with Gasteiger partial charge in [-0.3, -0.25) is 0 Å². The van der Waals surface area contributed by atoms with Crippen molar-refractivity contribution < 1.29 is 26.3 Å². The van der Waals surface area contributed by atoms with Crippen molar-refractivity contribution in [2.45, 2.75) is 27.7 Å². The van der Waals surface area contributed by atoms with E-state index in [1.807, 2.05) is 36.4 Å². The minimum Gasteiger partial charge on any atom is -0.497 e. The number of rotatable bonds is 10. The van der Waals surface area contributed by atoms with Gasteiger partial charge in [-0.2, -0.15) is 0 Å². The molecule has 5 rings (SSSR count). The second-order valence-electron chi connectivity index (χ2n) is 9.32. The Bertz CT molecular complexity index is 1940. The highest BCUT2D eigenvalue weighted by Gasteiger charge is 2.31. The first-order chi connectivity index (χ1) is 20.1. The number of sulfone groups is 1. The van der Waals surface area contributed by atoms with E-state index in [1.165, 1.54) is 28.9 Å². The van der Waals surface area contributed by atoms with E-state index in [4.69, 9.17) is 14.6 Å². The number of benzene rings is 4. The number of nitrogens with two attached hydrogens (primary N) is 1. The number of methoxy groups -OCH3 is 2. The summed E-state index contributed by atoms with van der Waals surface area (Å²) in [6.45, 7) is 0.233. The lowest BCUT2D eigenvalue weighted by atomic mass is 9.99. The molecule has 42 heavy (non-hydrogen) atoms. The van der Waals surface area contributed by atoms with Gasteiger partial charge in [-0.05, 0) is 76.0 Å². The monoisotopic (exact) mass is 605 g/mol. The highest BCUT2D eigenvalue weighted by atomic mass is 32.2. The number of primary sulfonamides is 1. The van der Waals surface area contributed by atoms with Crippen LogP contribution in [0, 0.1) is 0 Å². The van der Waals surface area contributed by atoms with E-state index in [9.17, 15) is 16.8 Å². The van der Waals surface area contributed by atoms with Gasteiger partial charge >= 0.3 is 0 Å². The zero-order chi connectivity index (χ0) is 29.9. The predicted molar refractivity (Wildman–Crippen MR) is 154 cm³/mol. The quantitative estimate of drug-likeness (QED) is 0.252. The summed E-state index contributed by atoms with van der Waals surface area (Å²) in [4.78, 5) is -1.10. The summed E-state index contributed by atoms with van der Waals surface area (Å²) >= 11 is 0. The van der Waals surface area contributed by atoms with Crippen molar-refractivity contribution in [1.82, 2.24) is 20.2 Å². The third kappa shape index (κ3) is 5.88. The fourth-order valence-corrected chi connectivity index (χ4v) is 7.46. The van der Waals surface area contributed by atoms with E-state index in [0.717, 1.165) is 17.2 Å². The standard InChI is InChI=1S/C29H27N5O6S2/c1-39-23-14-10-20(11-15-23)18-22-6-5-9-27(41(35,36)25-7-3-4-8-26(25)42(30,37)38)28(22)29-31-32-33-34(29)19-21-12-16-24(40-2)17-13-21/h3-17H,18-19H2,1-2H3,(H2,30,37,38). The van der Waals surface area contributed by atoms with Crippen LogP contribution in [-0.2, 0) is 32.8 Å². The lowest BCUT2D eigenvalue weighted by Gasteiger charge is -2.17. The Kier molecular flexibility index (Phi) is 8.07. The molecule has 0 aliphatic rings. The van der Waals surface area contributed by atoms with Crippen molar-refractivity contribution >= 4 is 19.9 Å². The molecule has 1 aromatic heterocycles. The number of nitrogens with zero attached hydrogens (tertiary/aromatic N) is 4. The molecule has 0 spiro atoms. The Morgan fingerprint density at radius 3 is 1.88 bits per heavy atom. The fraction of sp³-hybridized carbons (Fsp3) is 0.138. The molecule has 0 saturated heterocycles.